The van der Waals surface area contributed by atoms with Crippen molar-refractivity contribution in [2.24, 2.45) is 5.92 Å². The van der Waals surface area contributed by atoms with E-state index < -0.39 is 23.8 Å². The summed E-state index contributed by atoms with van der Waals surface area (Å²) in [5.41, 5.74) is 0.812. The molecule has 0 bridgehead atoms. The summed E-state index contributed by atoms with van der Waals surface area (Å²) in [4.78, 5) is 38.9. The van der Waals surface area contributed by atoms with E-state index in [-0.39, 0.29) is 18.4 Å². The quantitative estimate of drug-likeness (QED) is 0.393. The van der Waals surface area contributed by atoms with E-state index in [1.54, 1.807) is 18.2 Å². The van der Waals surface area contributed by atoms with Crippen LogP contribution in [0, 0.1) is 11.3 Å². The average molecular weight is 504 g/mol. The molecule has 1 heterocycles. The molecule has 1 atom stereocenters. The largest absolute Gasteiger partial charge is 0.342 e. The average Bonchev–Trinajstić information content (AvgIpc) is 2.89. The zero-order chi connectivity index (χ0) is 25.0. The van der Waals surface area contributed by atoms with Crippen molar-refractivity contribution in [2.75, 3.05) is 10.6 Å². The number of halogens is 2. The molecule has 3 rings (SSSR count). The summed E-state index contributed by atoms with van der Waals surface area (Å²) in [6.07, 6.45) is 0.214. The Morgan fingerprint density at radius 3 is 2.29 bits per heavy atom. The monoisotopic (exact) mass is 503 g/mol. The summed E-state index contributed by atoms with van der Waals surface area (Å²) in [6.45, 7) is 6.06. The number of amides is 3. The van der Waals surface area contributed by atoms with Gasteiger partial charge in [0.1, 0.15) is 12.0 Å². The van der Waals surface area contributed by atoms with Gasteiger partial charge in [-0.25, -0.2) is 0 Å². The summed E-state index contributed by atoms with van der Waals surface area (Å²) >= 11 is 11.8. The van der Waals surface area contributed by atoms with Gasteiger partial charge in [-0.1, -0.05) is 49.2 Å². The number of carbonyl (C=O) groups excluding carboxylic acids is 3. The van der Waals surface area contributed by atoms with Gasteiger partial charge >= 0.3 is 0 Å². The van der Waals surface area contributed by atoms with Crippen LogP contribution in [0.15, 0.2) is 42.5 Å². The maximum Gasteiger partial charge on any atom is 0.255 e. The Labute approximate surface area is 208 Å². The van der Waals surface area contributed by atoms with E-state index in [2.05, 4.69) is 16.0 Å². The molecule has 4 N–H and O–H groups in total. The van der Waals surface area contributed by atoms with Crippen LogP contribution in [0.3, 0.4) is 0 Å². The van der Waals surface area contributed by atoms with Crippen molar-refractivity contribution >= 4 is 58.3 Å². The fourth-order valence-electron chi connectivity index (χ4n) is 4.00. The second-order valence-electron chi connectivity index (χ2n) is 8.93. The molecule has 8 nitrogen and oxygen atoms in total. The minimum absolute atomic E-state index is 0.0559. The number of rotatable bonds is 8. The van der Waals surface area contributed by atoms with Gasteiger partial charge in [-0.2, -0.15) is 0 Å². The molecule has 2 aromatic carbocycles. The zero-order valence-electron chi connectivity index (χ0n) is 19.2. The van der Waals surface area contributed by atoms with E-state index in [1.165, 1.54) is 23.1 Å². The second kappa shape index (κ2) is 10.4. The summed E-state index contributed by atoms with van der Waals surface area (Å²) in [5.74, 6) is -0.822. The molecule has 0 radical (unpaired) electrons. The highest BCUT2D eigenvalue weighted by atomic mass is 35.5. The number of hydrogen-bond donors (Lipinski definition) is 4. The fourth-order valence-corrected chi connectivity index (χ4v) is 4.53. The van der Waals surface area contributed by atoms with E-state index in [0.717, 1.165) is 5.56 Å². The van der Waals surface area contributed by atoms with Crippen LogP contribution in [-0.4, -0.2) is 34.1 Å². The predicted octanol–water partition coefficient (Wildman–Crippen LogP) is 4.63. The molecule has 34 heavy (non-hydrogen) atoms. The van der Waals surface area contributed by atoms with Crippen LogP contribution in [0.1, 0.15) is 39.2 Å². The molecule has 0 aromatic heterocycles. The molecule has 3 amide bonds. The van der Waals surface area contributed by atoms with Crippen LogP contribution in [0.4, 0.5) is 11.4 Å². The maximum atomic E-state index is 12.9. The lowest BCUT2D eigenvalue weighted by molar-refractivity contribution is -0.131. The normalized spacial score (nSPS) is 17.6. The summed E-state index contributed by atoms with van der Waals surface area (Å²) in [7, 11) is 0. The van der Waals surface area contributed by atoms with Crippen molar-refractivity contribution in [3.8, 4) is 0 Å². The van der Waals surface area contributed by atoms with Crippen LogP contribution < -0.4 is 16.0 Å². The Balaban J connectivity index is 1.60. The van der Waals surface area contributed by atoms with Gasteiger partial charge < -0.3 is 16.0 Å². The third-order valence-corrected chi connectivity index (χ3v) is 5.65. The van der Waals surface area contributed by atoms with Gasteiger partial charge in [-0.05, 0) is 55.2 Å². The molecule has 10 heteroatoms. The van der Waals surface area contributed by atoms with Crippen LogP contribution >= 0.6 is 23.2 Å². The first-order valence-electron chi connectivity index (χ1n) is 10.8. The molecule has 1 aliphatic rings. The Kier molecular flexibility index (Phi) is 7.84. The minimum Gasteiger partial charge on any atom is -0.342 e. The number of nitrogens with one attached hydrogen (secondary N) is 4. The molecular formula is C24H27Cl2N5O3. The molecular weight excluding hydrogens is 477 g/mol. The number of hydrogen-bond acceptors (Lipinski definition) is 4. The van der Waals surface area contributed by atoms with E-state index in [0.29, 0.717) is 33.8 Å². The fraction of sp³-hybridized carbons (Fsp3) is 0.333. The smallest absolute Gasteiger partial charge is 0.255 e. The first-order chi connectivity index (χ1) is 15.9. The van der Waals surface area contributed by atoms with Crippen LogP contribution in [-0.2, 0) is 20.9 Å². The molecule has 1 saturated heterocycles. The number of guanidine groups is 1. The minimum atomic E-state index is -0.808. The van der Waals surface area contributed by atoms with E-state index >= 15 is 0 Å². The molecule has 1 aliphatic heterocycles. The van der Waals surface area contributed by atoms with Crippen LogP contribution in [0.5, 0.6) is 0 Å². The number of carbonyl (C=O) groups is 3. The van der Waals surface area contributed by atoms with Crippen LogP contribution in [0.2, 0.25) is 10.0 Å². The standard InChI is InChI=1S/C24H27Cl2N5O3/c1-14(2)12-24(3)22(34)31(23(27)30-24)13-15-5-4-6-18(7-15)28-20(32)11-21(33)29-19-9-16(25)8-17(26)10-19/h4-10,14H,11-13H2,1-3H3,(H2,27,30)(H,28,32)(H,29,33). The van der Waals surface area contributed by atoms with E-state index in [4.69, 9.17) is 28.6 Å². The highest BCUT2D eigenvalue weighted by Gasteiger charge is 2.45. The summed E-state index contributed by atoms with van der Waals surface area (Å²) < 4.78 is 0. The lowest BCUT2D eigenvalue weighted by atomic mass is 9.91. The molecule has 2 aromatic rings. The third kappa shape index (κ3) is 6.48. The van der Waals surface area contributed by atoms with Crippen molar-refractivity contribution in [1.29, 1.82) is 5.41 Å². The van der Waals surface area contributed by atoms with Crippen molar-refractivity contribution in [3.05, 3.63) is 58.1 Å². The highest BCUT2D eigenvalue weighted by molar-refractivity contribution is 6.35. The van der Waals surface area contributed by atoms with Gasteiger partial charge in [-0.3, -0.25) is 24.7 Å². The first-order valence-corrected chi connectivity index (χ1v) is 11.5. The highest BCUT2D eigenvalue weighted by Crippen LogP contribution is 2.26. The van der Waals surface area contributed by atoms with Gasteiger partial charge in [0, 0.05) is 21.4 Å². The van der Waals surface area contributed by atoms with Crippen molar-refractivity contribution in [1.82, 2.24) is 10.2 Å². The maximum absolute atomic E-state index is 12.9. The predicted molar refractivity (Wildman–Crippen MR) is 134 cm³/mol. The molecule has 180 valence electrons. The first kappa shape index (κ1) is 25.5. The Hall–Kier alpha value is -3.10. The lowest BCUT2D eigenvalue weighted by Gasteiger charge is -2.24. The van der Waals surface area contributed by atoms with Gasteiger partial charge in [0.15, 0.2) is 5.96 Å². The van der Waals surface area contributed by atoms with Gasteiger partial charge in [0.05, 0.1) is 6.54 Å². The second-order valence-corrected chi connectivity index (χ2v) is 9.80. The Morgan fingerprint density at radius 2 is 1.68 bits per heavy atom. The Morgan fingerprint density at radius 1 is 1.06 bits per heavy atom. The van der Waals surface area contributed by atoms with E-state index in [9.17, 15) is 14.4 Å². The number of anilines is 2. The lowest BCUT2D eigenvalue weighted by Crippen LogP contribution is -2.44. The topological polar surface area (TPSA) is 114 Å². The molecule has 0 spiro atoms. The van der Waals surface area contributed by atoms with Gasteiger partial charge in [0.2, 0.25) is 11.8 Å². The van der Waals surface area contributed by atoms with Crippen molar-refractivity contribution < 1.29 is 14.4 Å². The molecule has 1 fully saturated rings. The van der Waals surface area contributed by atoms with Gasteiger partial charge in [-0.15, -0.1) is 0 Å². The molecule has 0 aliphatic carbocycles. The Bertz CT molecular complexity index is 1120. The third-order valence-electron chi connectivity index (χ3n) is 5.22. The van der Waals surface area contributed by atoms with Crippen molar-refractivity contribution in [2.45, 2.75) is 45.7 Å². The summed E-state index contributed by atoms with van der Waals surface area (Å²) in [6, 6.07) is 11.6. The van der Waals surface area contributed by atoms with Crippen LogP contribution in [0.25, 0.3) is 0 Å². The summed E-state index contributed by atoms with van der Waals surface area (Å²) in [5, 5.41) is 17.2. The SMILES string of the molecule is CC(C)CC1(C)NC(=N)N(Cc2cccc(NC(=O)CC(=O)Nc3cc(Cl)cc(Cl)c3)c2)C1=O. The number of benzene rings is 2. The van der Waals surface area contributed by atoms with Gasteiger partial charge in [0.25, 0.3) is 5.91 Å². The zero-order valence-corrected chi connectivity index (χ0v) is 20.7. The van der Waals surface area contributed by atoms with E-state index in [1.807, 2.05) is 26.8 Å². The van der Waals surface area contributed by atoms with Crippen molar-refractivity contribution in [3.63, 3.8) is 0 Å². The molecule has 1 unspecified atom stereocenters. The number of nitrogens with zero attached hydrogens (tertiary/aromatic N) is 1. The molecule has 0 saturated carbocycles.